The van der Waals surface area contributed by atoms with E-state index in [-0.39, 0.29) is 5.92 Å². The number of nitrogens with two attached hydrogens (primary N) is 1. The van der Waals surface area contributed by atoms with Crippen LogP contribution in [-0.4, -0.2) is 13.2 Å². The van der Waals surface area contributed by atoms with Crippen molar-refractivity contribution < 1.29 is 4.74 Å². The summed E-state index contributed by atoms with van der Waals surface area (Å²) >= 11 is 6.25. The van der Waals surface area contributed by atoms with Crippen molar-refractivity contribution in [3.63, 3.8) is 0 Å². The molecule has 0 spiro atoms. The van der Waals surface area contributed by atoms with Gasteiger partial charge in [0, 0.05) is 10.9 Å². The molecule has 106 valence electrons. The van der Waals surface area contributed by atoms with Gasteiger partial charge in [0.25, 0.3) is 0 Å². The minimum atomic E-state index is 0.238. The fourth-order valence-electron chi connectivity index (χ4n) is 2.30. The molecule has 0 aliphatic rings. The highest BCUT2D eigenvalue weighted by Gasteiger charge is 2.13. The summed E-state index contributed by atoms with van der Waals surface area (Å²) in [4.78, 5) is 0. The number of halogens is 1. The summed E-state index contributed by atoms with van der Waals surface area (Å²) in [5.41, 5.74) is 8.27. The first-order valence-electron chi connectivity index (χ1n) is 6.90. The quantitative estimate of drug-likeness (QED) is 0.871. The minimum Gasteiger partial charge on any atom is -0.494 e. The van der Waals surface area contributed by atoms with Crippen LogP contribution in [0.4, 0.5) is 0 Å². The van der Waals surface area contributed by atoms with E-state index in [9.17, 15) is 0 Å². The van der Waals surface area contributed by atoms with Gasteiger partial charge < -0.3 is 10.5 Å². The Morgan fingerprint density at radius 2 is 1.80 bits per heavy atom. The van der Waals surface area contributed by atoms with Crippen LogP contribution in [0.15, 0.2) is 48.5 Å². The molecule has 2 aromatic rings. The molecular formula is C17H20ClNO. The molecule has 20 heavy (non-hydrogen) atoms. The van der Waals surface area contributed by atoms with E-state index in [1.807, 2.05) is 37.3 Å². The van der Waals surface area contributed by atoms with Crippen molar-refractivity contribution in [2.24, 2.45) is 5.73 Å². The van der Waals surface area contributed by atoms with Gasteiger partial charge in [-0.15, -0.1) is 0 Å². The first-order chi connectivity index (χ1) is 9.74. The molecule has 2 rings (SSSR count). The normalized spacial score (nSPS) is 12.2. The number of ether oxygens (including phenoxy) is 1. The average Bonchev–Trinajstić information content (AvgIpc) is 2.48. The van der Waals surface area contributed by atoms with Gasteiger partial charge in [-0.3, -0.25) is 0 Å². The Morgan fingerprint density at radius 1 is 1.10 bits per heavy atom. The zero-order valence-electron chi connectivity index (χ0n) is 11.7. The number of hydrogen-bond acceptors (Lipinski definition) is 2. The predicted octanol–water partition coefficient (Wildman–Crippen LogP) is 4.02. The Balaban J connectivity index is 2.12. The van der Waals surface area contributed by atoms with Crippen molar-refractivity contribution in [3.8, 4) is 5.75 Å². The zero-order chi connectivity index (χ0) is 14.4. The van der Waals surface area contributed by atoms with Crippen LogP contribution in [0.25, 0.3) is 0 Å². The van der Waals surface area contributed by atoms with Crippen LogP contribution in [-0.2, 0) is 6.42 Å². The largest absolute Gasteiger partial charge is 0.494 e. The van der Waals surface area contributed by atoms with Crippen molar-refractivity contribution >= 4 is 11.6 Å². The number of rotatable bonds is 6. The second-order valence-corrected chi connectivity index (χ2v) is 5.14. The summed E-state index contributed by atoms with van der Waals surface area (Å²) in [6.45, 7) is 3.25. The summed E-state index contributed by atoms with van der Waals surface area (Å²) < 4.78 is 5.45. The average molecular weight is 290 g/mol. The molecule has 0 radical (unpaired) electrons. The molecular weight excluding hydrogens is 270 g/mol. The maximum Gasteiger partial charge on any atom is 0.119 e. The molecule has 2 N–H and O–H groups in total. The van der Waals surface area contributed by atoms with E-state index in [0.717, 1.165) is 22.8 Å². The van der Waals surface area contributed by atoms with E-state index < -0.39 is 0 Å². The molecule has 1 atom stereocenters. The second kappa shape index (κ2) is 7.32. The van der Waals surface area contributed by atoms with Crippen LogP contribution in [0, 0.1) is 0 Å². The summed E-state index contributed by atoms with van der Waals surface area (Å²) in [6.07, 6.45) is 0.882. The van der Waals surface area contributed by atoms with Crippen molar-refractivity contribution in [2.75, 3.05) is 13.2 Å². The predicted molar refractivity (Wildman–Crippen MR) is 84.6 cm³/mol. The smallest absolute Gasteiger partial charge is 0.119 e. The topological polar surface area (TPSA) is 35.2 Å². The molecule has 0 saturated heterocycles. The van der Waals surface area contributed by atoms with E-state index in [2.05, 4.69) is 18.2 Å². The van der Waals surface area contributed by atoms with E-state index >= 15 is 0 Å². The monoisotopic (exact) mass is 289 g/mol. The standard InChI is InChI=1S/C17H20ClNO/c1-2-20-15-9-7-13(8-10-15)11-14(12-19)16-5-3-4-6-17(16)18/h3-10,14H,2,11-12,19H2,1H3. The highest BCUT2D eigenvalue weighted by Crippen LogP contribution is 2.27. The molecule has 0 aliphatic carbocycles. The molecule has 0 bridgehead atoms. The summed E-state index contributed by atoms with van der Waals surface area (Å²) in [6, 6.07) is 16.1. The van der Waals surface area contributed by atoms with E-state index in [1.54, 1.807) is 0 Å². The molecule has 0 aromatic heterocycles. The van der Waals surface area contributed by atoms with Gasteiger partial charge in [-0.05, 0) is 49.2 Å². The van der Waals surface area contributed by atoms with Crippen LogP contribution in [0.3, 0.4) is 0 Å². The van der Waals surface area contributed by atoms with Gasteiger partial charge in [0.15, 0.2) is 0 Å². The lowest BCUT2D eigenvalue weighted by molar-refractivity contribution is 0.340. The molecule has 0 heterocycles. The molecule has 0 amide bonds. The van der Waals surface area contributed by atoms with Gasteiger partial charge in [-0.2, -0.15) is 0 Å². The fraction of sp³-hybridized carbons (Fsp3) is 0.294. The molecule has 1 unspecified atom stereocenters. The van der Waals surface area contributed by atoms with Crippen molar-refractivity contribution in [3.05, 3.63) is 64.7 Å². The summed E-state index contributed by atoms with van der Waals surface area (Å²) in [5, 5.41) is 0.786. The molecule has 2 aromatic carbocycles. The Bertz CT molecular complexity index is 539. The lowest BCUT2D eigenvalue weighted by atomic mass is 9.92. The van der Waals surface area contributed by atoms with Crippen molar-refractivity contribution in [1.82, 2.24) is 0 Å². The van der Waals surface area contributed by atoms with Crippen LogP contribution in [0.1, 0.15) is 24.0 Å². The van der Waals surface area contributed by atoms with Crippen molar-refractivity contribution in [2.45, 2.75) is 19.3 Å². The second-order valence-electron chi connectivity index (χ2n) is 4.74. The molecule has 0 aliphatic heterocycles. The lowest BCUT2D eigenvalue weighted by Crippen LogP contribution is -2.15. The SMILES string of the molecule is CCOc1ccc(CC(CN)c2ccccc2Cl)cc1. The number of benzene rings is 2. The highest BCUT2D eigenvalue weighted by atomic mass is 35.5. The fourth-order valence-corrected chi connectivity index (χ4v) is 2.59. The van der Waals surface area contributed by atoms with E-state index in [0.29, 0.717) is 13.2 Å². The summed E-state index contributed by atoms with van der Waals surface area (Å²) in [7, 11) is 0. The van der Waals surface area contributed by atoms with E-state index in [4.69, 9.17) is 22.1 Å². The Labute approximate surface area is 125 Å². The maximum atomic E-state index is 6.25. The summed E-state index contributed by atoms with van der Waals surface area (Å²) in [5.74, 6) is 1.14. The number of hydrogen-bond donors (Lipinski definition) is 1. The van der Waals surface area contributed by atoms with E-state index in [1.165, 1.54) is 5.56 Å². The first-order valence-corrected chi connectivity index (χ1v) is 7.28. The minimum absolute atomic E-state index is 0.238. The first kappa shape index (κ1) is 14.9. The van der Waals surface area contributed by atoms with Crippen LogP contribution in [0.5, 0.6) is 5.75 Å². The maximum absolute atomic E-state index is 6.25. The van der Waals surface area contributed by atoms with Crippen molar-refractivity contribution in [1.29, 1.82) is 0 Å². The van der Waals surface area contributed by atoms with Gasteiger partial charge >= 0.3 is 0 Å². The van der Waals surface area contributed by atoms with Crippen LogP contribution < -0.4 is 10.5 Å². The third kappa shape index (κ3) is 3.75. The van der Waals surface area contributed by atoms with Crippen LogP contribution >= 0.6 is 11.6 Å². The van der Waals surface area contributed by atoms with Crippen LogP contribution in [0.2, 0.25) is 5.02 Å². The zero-order valence-corrected chi connectivity index (χ0v) is 12.4. The third-order valence-electron chi connectivity index (χ3n) is 3.35. The van der Waals surface area contributed by atoms with Gasteiger partial charge in [0.05, 0.1) is 6.61 Å². The van der Waals surface area contributed by atoms with Gasteiger partial charge in [0.2, 0.25) is 0 Å². The molecule has 0 saturated carbocycles. The van der Waals surface area contributed by atoms with Gasteiger partial charge in [-0.1, -0.05) is 41.9 Å². The van der Waals surface area contributed by atoms with Gasteiger partial charge in [0.1, 0.15) is 5.75 Å². The molecule has 2 nitrogen and oxygen atoms in total. The van der Waals surface area contributed by atoms with Gasteiger partial charge in [-0.25, -0.2) is 0 Å². The molecule has 3 heteroatoms. The molecule has 0 fully saturated rings. The Kier molecular flexibility index (Phi) is 5.45. The third-order valence-corrected chi connectivity index (χ3v) is 3.69. The Hall–Kier alpha value is -1.51. The highest BCUT2D eigenvalue weighted by molar-refractivity contribution is 6.31. The Morgan fingerprint density at radius 3 is 2.40 bits per heavy atom. The lowest BCUT2D eigenvalue weighted by Gasteiger charge is -2.17.